The van der Waals surface area contributed by atoms with E-state index in [1.165, 1.54) is 0 Å². The molecule has 0 bridgehead atoms. The highest BCUT2D eigenvalue weighted by Crippen LogP contribution is 2.44. The number of nitrogens with one attached hydrogen (secondary N) is 1. The Labute approximate surface area is 149 Å². The molecule has 2 rings (SSSR count). The minimum Gasteiger partial charge on any atom is -0.394 e. The van der Waals surface area contributed by atoms with E-state index in [0.29, 0.717) is 12.8 Å². The van der Waals surface area contributed by atoms with Gasteiger partial charge < -0.3 is 20.3 Å². The molecule has 2 saturated heterocycles. The Bertz CT molecular complexity index is 516. The molecule has 0 aromatic carbocycles. The van der Waals surface area contributed by atoms with Crippen molar-refractivity contribution in [1.82, 2.24) is 15.1 Å². The minimum absolute atomic E-state index is 0.0374. The Morgan fingerprint density at radius 1 is 1.20 bits per heavy atom. The lowest BCUT2D eigenvalue weighted by atomic mass is 9.69. The number of likely N-dealkylation sites (tertiary alicyclic amines) is 1. The smallest absolute Gasteiger partial charge is 0.325 e. The highest BCUT2D eigenvalue weighted by molar-refractivity contribution is 6.07. The summed E-state index contributed by atoms with van der Waals surface area (Å²) in [5.41, 5.74) is -1.46. The van der Waals surface area contributed by atoms with E-state index in [2.05, 4.69) is 37.9 Å². The van der Waals surface area contributed by atoms with Crippen molar-refractivity contribution >= 4 is 11.9 Å². The summed E-state index contributed by atoms with van der Waals surface area (Å²) >= 11 is 0. The van der Waals surface area contributed by atoms with Crippen molar-refractivity contribution in [2.75, 3.05) is 33.4 Å². The molecule has 3 N–H and O–H groups in total. The molecule has 8 heteroatoms. The quantitative estimate of drug-likeness (QED) is 0.454. The fourth-order valence-corrected chi connectivity index (χ4v) is 4.23. The molecule has 1 atom stereocenters. The van der Waals surface area contributed by atoms with Gasteiger partial charge in [0, 0.05) is 11.1 Å². The predicted octanol–water partition coefficient (Wildman–Crippen LogP) is -0.0704. The van der Waals surface area contributed by atoms with Crippen molar-refractivity contribution in [2.45, 2.75) is 63.3 Å². The van der Waals surface area contributed by atoms with Crippen LogP contribution < -0.4 is 5.32 Å². The van der Waals surface area contributed by atoms with Crippen LogP contribution in [0.2, 0.25) is 0 Å². The first kappa shape index (κ1) is 20.1. The van der Waals surface area contributed by atoms with Crippen LogP contribution in [0.3, 0.4) is 0 Å². The lowest BCUT2D eigenvalue weighted by Gasteiger charge is -2.56. The van der Waals surface area contributed by atoms with E-state index in [1.54, 1.807) is 0 Å². The van der Waals surface area contributed by atoms with Gasteiger partial charge >= 0.3 is 6.03 Å². The van der Waals surface area contributed by atoms with Gasteiger partial charge in [0.2, 0.25) is 0 Å². The van der Waals surface area contributed by atoms with Crippen molar-refractivity contribution in [2.24, 2.45) is 0 Å². The van der Waals surface area contributed by atoms with E-state index in [4.69, 9.17) is 9.84 Å². The monoisotopic (exact) mass is 357 g/mol. The summed E-state index contributed by atoms with van der Waals surface area (Å²) in [5.74, 6) is -0.284. The highest BCUT2D eigenvalue weighted by Gasteiger charge is 2.60. The van der Waals surface area contributed by atoms with E-state index < -0.39 is 17.7 Å². The summed E-state index contributed by atoms with van der Waals surface area (Å²) in [5, 5.41) is 21.6. The summed E-state index contributed by atoms with van der Waals surface area (Å²) in [6.07, 6.45) is 0.0413. The Morgan fingerprint density at radius 3 is 2.28 bits per heavy atom. The molecule has 1 spiro atoms. The predicted molar refractivity (Wildman–Crippen MR) is 92.0 cm³/mol. The third kappa shape index (κ3) is 3.81. The van der Waals surface area contributed by atoms with Gasteiger partial charge in [0.1, 0.15) is 5.54 Å². The highest BCUT2D eigenvalue weighted by atomic mass is 16.5. The van der Waals surface area contributed by atoms with Crippen molar-refractivity contribution in [3.8, 4) is 0 Å². The van der Waals surface area contributed by atoms with Crippen LogP contribution in [0.5, 0.6) is 0 Å². The Balaban J connectivity index is 2.14. The molecule has 144 valence electrons. The number of carbonyl (C=O) groups excluding carboxylic acids is 2. The van der Waals surface area contributed by atoms with Crippen LogP contribution in [0.4, 0.5) is 4.79 Å². The van der Waals surface area contributed by atoms with E-state index in [-0.39, 0.29) is 43.4 Å². The third-order valence-electron chi connectivity index (χ3n) is 5.47. The number of β-amino-alcohol motifs (C(OH)–C–C–N with tert-alkyl or cyclic N) is 1. The topological polar surface area (TPSA) is 102 Å². The van der Waals surface area contributed by atoms with E-state index in [0.717, 1.165) is 4.90 Å². The van der Waals surface area contributed by atoms with Gasteiger partial charge in [-0.3, -0.25) is 14.6 Å². The molecule has 0 radical (unpaired) electrons. The average Bonchev–Trinajstić information content (AvgIpc) is 2.68. The number of ether oxygens (including phenoxy) is 1. The van der Waals surface area contributed by atoms with Crippen LogP contribution in [0.25, 0.3) is 0 Å². The second kappa shape index (κ2) is 6.83. The fraction of sp³-hybridized carbons (Fsp3) is 0.882. The van der Waals surface area contributed by atoms with Crippen LogP contribution in [0.1, 0.15) is 40.5 Å². The number of carbonyl (C=O) groups is 2. The van der Waals surface area contributed by atoms with Crippen molar-refractivity contribution in [1.29, 1.82) is 0 Å². The van der Waals surface area contributed by atoms with Gasteiger partial charge in [-0.15, -0.1) is 0 Å². The second-order valence-corrected chi connectivity index (χ2v) is 8.42. The van der Waals surface area contributed by atoms with Gasteiger partial charge in [-0.25, -0.2) is 4.79 Å². The standard InChI is InChI=1S/C17H31N3O5/c1-15(2)10-17(11-16(3,4)19(15)5)13(23)20(14(24)18-17)8-12(22)9-25-7-6-21/h12,21-22H,6-11H2,1-5H3,(H,18,24). The van der Waals surface area contributed by atoms with E-state index in [1.807, 2.05) is 7.05 Å². The summed E-state index contributed by atoms with van der Waals surface area (Å²) < 4.78 is 5.07. The van der Waals surface area contributed by atoms with Crippen LogP contribution in [-0.2, 0) is 9.53 Å². The van der Waals surface area contributed by atoms with Crippen molar-refractivity contribution < 1.29 is 24.5 Å². The SMILES string of the molecule is CN1C(C)(C)CC2(CC1(C)C)NC(=O)N(CC(O)COCCO)C2=O. The maximum absolute atomic E-state index is 13.1. The zero-order valence-electron chi connectivity index (χ0n) is 15.8. The number of rotatable bonds is 6. The normalized spacial score (nSPS) is 26.1. The molecular formula is C17H31N3O5. The number of piperidine rings is 1. The van der Waals surface area contributed by atoms with Crippen LogP contribution in [0, 0.1) is 0 Å². The first-order chi connectivity index (χ1) is 11.4. The van der Waals surface area contributed by atoms with Crippen molar-refractivity contribution in [3.63, 3.8) is 0 Å². The number of imide groups is 1. The summed E-state index contributed by atoms with van der Waals surface area (Å²) in [7, 11) is 2.04. The summed E-state index contributed by atoms with van der Waals surface area (Å²) in [4.78, 5) is 28.8. The number of aliphatic hydroxyl groups excluding tert-OH is 2. The number of aliphatic hydroxyl groups is 2. The fourth-order valence-electron chi connectivity index (χ4n) is 4.23. The number of hydrogen-bond donors (Lipinski definition) is 3. The van der Waals surface area contributed by atoms with Gasteiger partial charge in [0.25, 0.3) is 5.91 Å². The number of hydrogen-bond acceptors (Lipinski definition) is 6. The van der Waals surface area contributed by atoms with Gasteiger partial charge in [-0.2, -0.15) is 0 Å². The number of urea groups is 1. The maximum atomic E-state index is 13.1. The van der Waals surface area contributed by atoms with Gasteiger partial charge in [0.15, 0.2) is 0 Å². The molecule has 2 aliphatic rings. The lowest BCUT2D eigenvalue weighted by molar-refractivity contribution is -0.140. The van der Waals surface area contributed by atoms with Gasteiger partial charge in [-0.1, -0.05) is 0 Å². The zero-order chi connectivity index (χ0) is 19.0. The van der Waals surface area contributed by atoms with Crippen LogP contribution in [0.15, 0.2) is 0 Å². The molecule has 2 aliphatic heterocycles. The number of nitrogens with zero attached hydrogens (tertiary/aromatic N) is 2. The first-order valence-corrected chi connectivity index (χ1v) is 8.70. The molecule has 0 aliphatic carbocycles. The molecular weight excluding hydrogens is 326 g/mol. The number of amides is 3. The molecule has 0 aromatic heterocycles. The Hall–Kier alpha value is -1.22. The molecule has 8 nitrogen and oxygen atoms in total. The van der Waals surface area contributed by atoms with Crippen LogP contribution in [-0.4, -0.2) is 88.1 Å². The average molecular weight is 357 g/mol. The molecule has 0 aromatic rings. The minimum atomic E-state index is -0.983. The summed E-state index contributed by atoms with van der Waals surface area (Å²) in [6.45, 7) is 8.07. The molecule has 1 unspecified atom stereocenters. The Morgan fingerprint density at radius 2 is 1.76 bits per heavy atom. The molecule has 2 heterocycles. The molecule has 3 amide bonds. The summed E-state index contributed by atoms with van der Waals surface area (Å²) in [6, 6.07) is -0.470. The zero-order valence-corrected chi connectivity index (χ0v) is 15.8. The second-order valence-electron chi connectivity index (χ2n) is 8.42. The van der Waals surface area contributed by atoms with E-state index in [9.17, 15) is 14.7 Å². The van der Waals surface area contributed by atoms with E-state index >= 15 is 0 Å². The van der Waals surface area contributed by atoms with Crippen molar-refractivity contribution in [3.05, 3.63) is 0 Å². The molecule has 2 fully saturated rings. The molecule has 25 heavy (non-hydrogen) atoms. The lowest BCUT2D eigenvalue weighted by Crippen LogP contribution is -2.68. The van der Waals surface area contributed by atoms with Crippen LogP contribution >= 0.6 is 0 Å². The Kier molecular flexibility index (Phi) is 5.49. The third-order valence-corrected chi connectivity index (χ3v) is 5.47. The van der Waals surface area contributed by atoms with Gasteiger partial charge in [0.05, 0.1) is 32.5 Å². The molecule has 0 saturated carbocycles. The largest absolute Gasteiger partial charge is 0.394 e. The maximum Gasteiger partial charge on any atom is 0.325 e. The first-order valence-electron chi connectivity index (χ1n) is 8.70. The van der Waals surface area contributed by atoms with Gasteiger partial charge in [-0.05, 0) is 47.6 Å².